The summed E-state index contributed by atoms with van der Waals surface area (Å²) in [7, 11) is 0. The van der Waals surface area contributed by atoms with Crippen LogP contribution in [-0.2, 0) is 57.5 Å². The third-order valence-electron chi connectivity index (χ3n) is 5.24. The van der Waals surface area contributed by atoms with E-state index in [1.165, 1.54) is 0 Å². The average Bonchev–Trinajstić information content (AvgIpc) is 3.10. The molecule has 25 nitrogen and oxygen atoms in total. The fourth-order valence-electron chi connectivity index (χ4n) is 2.78. The van der Waals surface area contributed by atoms with Crippen LogP contribution in [0.1, 0.15) is 0 Å². The van der Waals surface area contributed by atoms with Crippen LogP contribution in [-0.4, -0.2) is 160 Å². The molecular weight excluding hydrogens is 708 g/mol. The van der Waals surface area contributed by atoms with E-state index in [0.29, 0.717) is 0 Å². The van der Waals surface area contributed by atoms with Crippen LogP contribution in [0.15, 0.2) is 0 Å². The van der Waals surface area contributed by atoms with Gasteiger partial charge in [0.05, 0.1) is 77.5 Å². The van der Waals surface area contributed by atoms with E-state index in [4.69, 9.17) is 5.11 Å². The molecule has 0 saturated carbocycles. The lowest BCUT2D eigenvalue weighted by Crippen LogP contribution is -2.48. The fraction of sp³-hybridized carbons (Fsp3) is 0.480. The number of hydrogen-bond acceptors (Lipinski definition) is 13. The molecule has 0 aliphatic heterocycles. The summed E-state index contributed by atoms with van der Waals surface area (Å²) < 4.78 is 0. The van der Waals surface area contributed by atoms with E-state index in [2.05, 4.69) is 70.7 Å². The number of carbonyl (C=O) groups excluding carboxylic acids is 11. The summed E-state index contributed by atoms with van der Waals surface area (Å²) in [4.78, 5) is 139. The molecule has 0 rings (SSSR count). The molecule has 282 valence electrons. The molecule has 0 aliphatic rings. The Morgan fingerprint density at radius 1 is 0.314 bits per heavy atom. The molecule has 51 heavy (non-hydrogen) atoms. The SMILES string of the molecule is O=C(O)CNC(=O)CNC(=O)CNC(=O)CNC(=O)CNC(=O)CNC(=O)CNC(=O)CNC(=O)CNC(=O)CNC(=O)CNC(=O)CNC=S. The summed E-state index contributed by atoms with van der Waals surface area (Å²) in [5.74, 6) is -9.42. The van der Waals surface area contributed by atoms with Gasteiger partial charge in [-0.25, -0.2) is 0 Å². The average molecular weight is 747 g/mol. The van der Waals surface area contributed by atoms with Gasteiger partial charge in [0, 0.05) is 0 Å². The molecule has 0 aromatic heterocycles. The van der Waals surface area contributed by atoms with Gasteiger partial charge in [0.25, 0.3) is 0 Å². The normalized spacial score (nSPS) is 9.65. The minimum absolute atomic E-state index is 0.129. The Labute approximate surface area is 293 Å². The van der Waals surface area contributed by atoms with Gasteiger partial charge in [-0.3, -0.25) is 57.5 Å². The molecule has 0 aromatic carbocycles. The van der Waals surface area contributed by atoms with Gasteiger partial charge in [0.1, 0.15) is 6.54 Å². The van der Waals surface area contributed by atoms with Gasteiger partial charge in [0.15, 0.2) is 0 Å². The van der Waals surface area contributed by atoms with E-state index >= 15 is 0 Å². The first kappa shape index (κ1) is 44.5. The summed E-state index contributed by atoms with van der Waals surface area (Å²) in [5, 5.41) is 34.7. The topological polar surface area (TPSA) is 369 Å². The summed E-state index contributed by atoms with van der Waals surface area (Å²) in [6.07, 6.45) is 0. The fourth-order valence-corrected chi connectivity index (χ4v) is 2.87. The van der Waals surface area contributed by atoms with Crippen LogP contribution < -0.4 is 63.8 Å². The van der Waals surface area contributed by atoms with Gasteiger partial charge in [-0.15, -0.1) is 0 Å². The molecule has 0 aromatic rings. The van der Waals surface area contributed by atoms with Crippen molar-refractivity contribution < 1.29 is 62.6 Å². The summed E-state index contributed by atoms with van der Waals surface area (Å²) in [6, 6.07) is 0. The van der Waals surface area contributed by atoms with Crippen molar-refractivity contribution in [3.8, 4) is 0 Å². The summed E-state index contributed by atoms with van der Waals surface area (Å²) in [5.41, 5.74) is 1.13. The van der Waals surface area contributed by atoms with E-state index in [0.717, 1.165) is 5.49 Å². The van der Waals surface area contributed by atoms with Crippen LogP contribution in [0, 0.1) is 0 Å². The standard InChI is InChI=1S/C25H38N12O13S/c38-14(1-26-13-51)27-2-15(39)28-3-16(40)29-4-17(41)30-5-18(42)31-6-19(43)32-7-20(44)33-8-21(45)34-9-22(46)35-10-23(47)36-11-24(48)37-12-25(49)50/h13H,1-12H2,(H,26,51)(H,27,38)(H,28,39)(H,29,40)(H,30,41)(H,31,42)(H,32,43)(H,33,44)(H,34,45)(H,35,46)(H,36,47)(H,37,48)(H,49,50). The number of aliphatic carboxylic acids is 1. The molecule has 0 aliphatic carbocycles. The summed E-state index contributed by atoms with van der Waals surface area (Å²) >= 11 is 4.48. The number of carboxylic acid groups (broad SMARTS) is 1. The van der Waals surface area contributed by atoms with Crippen molar-refractivity contribution in [2.24, 2.45) is 0 Å². The van der Waals surface area contributed by atoms with Gasteiger partial charge in [-0.2, -0.15) is 0 Å². The Bertz CT molecular complexity index is 1340. The highest BCUT2D eigenvalue weighted by Gasteiger charge is 2.13. The molecule has 11 amide bonds. The third-order valence-corrected chi connectivity index (χ3v) is 5.41. The van der Waals surface area contributed by atoms with E-state index in [1.807, 2.05) is 5.32 Å². The highest BCUT2D eigenvalue weighted by Crippen LogP contribution is 1.75. The van der Waals surface area contributed by atoms with Gasteiger partial charge in [-0.1, -0.05) is 12.2 Å². The molecule has 0 unspecified atom stereocenters. The largest absolute Gasteiger partial charge is 0.480 e. The van der Waals surface area contributed by atoms with Crippen molar-refractivity contribution in [3.63, 3.8) is 0 Å². The number of rotatable bonds is 25. The second kappa shape index (κ2) is 26.5. The number of carbonyl (C=O) groups is 12. The van der Waals surface area contributed by atoms with E-state index in [-0.39, 0.29) is 6.54 Å². The Balaban J connectivity index is 3.99. The molecule has 0 saturated heterocycles. The predicted molar refractivity (Wildman–Crippen MR) is 172 cm³/mol. The van der Waals surface area contributed by atoms with Crippen molar-refractivity contribution >= 4 is 88.7 Å². The van der Waals surface area contributed by atoms with E-state index < -0.39 is 143 Å². The van der Waals surface area contributed by atoms with Crippen LogP contribution in [0.5, 0.6) is 0 Å². The smallest absolute Gasteiger partial charge is 0.322 e. The molecule has 0 spiro atoms. The van der Waals surface area contributed by atoms with E-state index in [9.17, 15) is 57.5 Å². The Morgan fingerprint density at radius 2 is 0.471 bits per heavy atom. The van der Waals surface area contributed by atoms with E-state index in [1.54, 1.807) is 0 Å². The monoisotopic (exact) mass is 746 g/mol. The maximum atomic E-state index is 11.9. The van der Waals surface area contributed by atoms with Gasteiger partial charge < -0.3 is 68.9 Å². The number of hydrogen-bond donors (Lipinski definition) is 13. The minimum Gasteiger partial charge on any atom is -0.480 e. The lowest BCUT2D eigenvalue weighted by atomic mass is 10.4. The van der Waals surface area contributed by atoms with Crippen LogP contribution >= 0.6 is 12.2 Å². The minimum atomic E-state index is -1.27. The molecule has 0 radical (unpaired) electrons. The third kappa shape index (κ3) is 27.2. The van der Waals surface area contributed by atoms with Crippen molar-refractivity contribution in [1.82, 2.24) is 63.8 Å². The van der Waals surface area contributed by atoms with Crippen LogP contribution in [0.25, 0.3) is 0 Å². The highest BCUT2D eigenvalue weighted by molar-refractivity contribution is 7.78. The Kier molecular flexibility index (Phi) is 23.1. The Morgan fingerprint density at radius 3 is 0.627 bits per heavy atom. The zero-order valence-electron chi connectivity index (χ0n) is 26.8. The van der Waals surface area contributed by atoms with Gasteiger partial charge in [-0.05, 0) is 0 Å². The number of thiocarbonyl (C=S) groups is 1. The van der Waals surface area contributed by atoms with Crippen molar-refractivity contribution in [2.75, 3.05) is 78.5 Å². The van der Waals surface area contributed by atoms with Crippen LogP contribution in [0.3, 0.4) is 0 Å². The molecule has 0 atom stereocenters. The van der Waals surface area contributed by atoms with Crippen LogP contribution in [0.4, 0.5) is 0 Å². The second-order valence-electron chi connectivity index (χ2n) is 9.44. The van der Waals surface area contributed by atoms with Crippen molar-refractivity contribution in [2.45, 2.75) is 0 Å². The first-order chi connectivity index (χ1) is 24.1. The van der Waals surface area contributed by atoms with Gasteiger partial charge >= 0.3 is 5.97 Å². The maximum absolute atomic E-state index is 11.9. The summed E-state index contributed by atoms with van der Waals surface area (Å²) in [6.45, 7) is -6.11. The quantitative estimate of drug-likeness (QED) is 0.0386. The number of amides is 11. The lowest BCUT2D eigenvalue weighted by molar-refractivity contribution is -0.138. The van der Waals surface area contributed by atoms with Gasteiger partial charge in [0.2, 0.25) is 65.0 Å². The van der Waals surface area contributed by atoms with Crippen LogP contribution in [0.2, 0.25) is 0 Å². The number of carboxylic acids is 1. The number of nitrogens with one attached hydrogen (secondary N) is 12. The zero-order valence-corrected chi connectivity index (χ0v) is 27.6. The highest BCUT2D eigenvalue weighted by atomic mass is 32.1. The molecule has 13 N–H and O–H groups in total. The van der Waals surface area contributed by atoms with Crippen molar-refractivity contribution in [1.29, 1.82) is 0 Å². The molecule has 26 heteroatoms. The molecule has 0 fully saturated rings. The first-order valence-corrected chi connectivity index (χ1v) is 14.9. The Hall–Kier alpha value is -6.47. The second-order valence-corrected chi connectivity index (χ2v) is 9.67. The maximum Gasteiger partial charge on any atom is 0.322 e. The van der Waals surface area contributed by atoms with Crippen molar-refractivity contribution in [3.05, 3.63) is 0 Å². The molecule has 0 bridgehead atoms. The predicted octanol–water partition coefficient (Wildman–Crippen LogP) is -10.1. The molecular formula is C25H38N12O13S. The first-order valence-electron chi connectivity index (χ1n) is 14.4. The molecule has 0 heterocycles. The lowest BCUT2D eigenvalue weighted by Gasteiger charge is -2.10. The zero-order chi connectivity index (χ0) is 38.6.